The summed E-state index contributed by atoms with van der Waals surface area (Å²) < 4.78 is 2.14. The van der Waals surface area contributed by atoms with E-state index < -0.39 is 0 Å². The lowest BCUT2D eigenvalue weighted by molar-refractivity contribution is 0.477. The van der Waals surface area contributed by atoms with E-state index in [1.165, 1.54) is 6.20 Å². The predicted octanol–water partition coefficient (Wildman–Crippen LogP) is 5.33. The first-order chi connectivity index (χ1) is 19.0. The molecule has 0 amide bonds. The Hall–Kier alpha value is -4.93. The van der Waals surface area contributed by atoms with Gasteiger partial charge in [0.15, 0.2) is 28.0 Å². The summed E-state index contributed by atoms with van der Waals surface area (Å²) in [5.74, 6) is 2.20. The highest BCUT2D eigenvalue weighted by molar-refractivity contribution is 7.99. The summed E-state index contributed by atoms with van der Waals surface area (Å²) in [5.41, 5.74) is 5.59. The van der Waals surface area contributed by atoms with Gasteiger partial charge in [0.05, 0.1) is 17.2 Å². The van der Waals surface area contributed by atoms with E-state index >= 15 is 0 Å². The molecule has 0 spiro atoms. The third-order valence-corrected chi connectivity index (χ3v) is 7.79. The number of hydrogen-bond acceptors (Lipinski definition) is 9. The average molecular weight is 531 g/mol. The molecule has 190 valence electrons. The molecule has 10 heteroatoms. The van der Waals surface area contributed by atoms with Gasteiger partial charge in [0.1, 0.15) is 11.8 Å². The van der Waals surface area contributed by atoms with E-state index in [0.717, 1.165) is 27.7 Å². The van der Waals surface area contributed by atoms with Gasteiger partial charge in [-0.15, -0.1) is 0 Å². The maximum atomic E-state index is 10.5. The topological polar surface area (TPSA) is 136 Å². The molecule has 9 nitrogen and oxygen atoms in total. The molecule has 0 aliphatic carbocycles. The lowest BCUT2D eigenvalue weighted by atomic mass is 9.99. The Labute approximate surface area is 228 Å². The number of pyridine rings is 1. The number of benzene rings is 2. The van der Waals surface area contributed by atoms with Gasteiger partial charge in [0.2, 0.25) is 0 Å². The number of thioether (sulfide) groups is 1. The molecule has 2 N–H and O–H groups in total. The first-order valence-electron chi connectivity index (χ1n) is 12.4. The summed E-state index contributed by atoms with van der Waals surface area (Å²) >= 11 is 1.70. The molecular weight excluding hydrogens is 508 g/mol. The third kappa shape index (κ3) is 4.63. The van der Waals surface area contributed by atoms with Crippen molar-refractivity contribution in [3.8, 4) is 40.4 Å². The molecule has 0 fully saturated rings. The van der Waals surface area contributed by atoms with Crippen molar-refractivity contribution in [2.75, 3.05) is 17.6 Å². The minimum atomic E-state index is 0.163. The highest BCUT2D eigenvalue weighted by Gasteiger charge is 2.27. The van der Waals surface area contributed by atoms with Crippen LogP contribution in [0.3, 0.4) is 0 Å². The maximum Gasteiger partial charge on any atom is 0.170 e. The van der Waals surface area contributed by atoms with Gasteiger partial charge in [0.25, 0.3) is 0 Å². The first-order valence-corrected chi connectivity index (χ1v) is 13.4. The van der Waals surface area contributed by atoms with Crippen LogP contribution in [0.4, 0.5) is 5.82 Å². The van der Waals surface area contributed by atoms with Gasteiger partial charge in [-0.3, -0.25) is 9.55 Å². The number of rotatable bonds is 6. The highest BCUT2D eigenvalue weighted by atomic mass is 32.2. The van der Waals surface area contributed by atoms with Gasteiger partial charge >= 0.3 is 0 Å². The molecule has 39 heavy (non-hydrogen) atoms. The Morgan fingerprint density at radius 1 is 1.03 bits per heavy atom. The molecule has 1 aliphatic heterocycles. The van der Waals surface area contributed by atoms with Crippen LogP contribution >= 0.6 is 11.8 Å². The number of fused-ring (bicyclic) bond motifs is 3. The zero-order chi connectivity index (χ0) is 26.9. The fourth-order valence-electron chi connectivity index (χ4n) is 4.65. The number of aromatic hydroxyl groups is 1. The van der Waals surface area contributed by atoms with Crippen molar-refractivity contribution >= 4 is 28.7 Å². The van der Waals surface area contributed by atoms with Crippen LogP contribution in [0.5, 0.6) is 5.75 Å². The number of nitriles is 2. The average Bonchev–Trinajstić information content (AvgIpc) is 3.53. The molecule has 0 saturated carbocycles. The highest BCUT2D eigenvalue weighted by Crippen LogP contribution is 2.38. The SMILES string of the molecule is C[C@@H]1CSc2nc3c(NCCc4ccc(O)c(-c5cccc(C#N)c5)c4)nc(-c4cncc(C#N)c4)nc3n21. The third-order valence-electron chi connectivity index (χ3n) is 6.60. The number of nitrogens with zero attached hydrogens (tertiary/aromatic N) is 7. The lowest BCUT2D eigenvalue weighted by Crippen LogP contribution is -2.09. The van der Waals surface area contributed by atoms with Gasteiger partial charge in [-0.25, -0.2) is 15.0 Å². The van der Waals surface area contributed by atoms with Crippen molar-refractivity contribution in [3.63, 3.8) is 0 Å². The molecule has 4 heterocycles. The van der Waals surface area contributed by atoms with E-state index in [-0.39, 0.29) is 11.8 Å². The molecule has 0 radical (unpaired) electrons. The summed E-state index contributed by atoms with van der Waals surface area (Å²) in [6.45, 7) is 2.71. The lowest BCUT2D eigenvalue weighted by Gasteiger charge is -2.12. The van der Waals surface area contributed by atoms with E-state index in [4.69, 9.17) is 15.0 Å². The quantitative estimate of drug-likeness (QED) is 0.299. The standard InChI is InChI=1S/C29H22N8OS/c1-17-16-39-29-34-25-27(35-26(36-28(25)37(17)29)22-10-20(13-31)14-32-15-22)33-8-7-18-5-6-24(38)23(11-18)21-4-2-3-19(9-21)12-30/h2-6,9-11,14-15,17,38H,7-8,16H2,1H3,(H,33,35,36)/t17-/m1/s1. The van der Waals surface area contributed by atoms with Gasteiger partial charge in [-0.2, -0.15) is 10.5 Å². The van der Waals surface area contributed by atoms with E-state index in [0.29, 0.717) is 52.4 Å². The van der Waals surface area contributed by atoms with Crippen LogP contribution in [0.25, 0.3) is 33.7 Å². The van der Waals surface area contributed by atoms with E-state index in [1.54, 1.807) is 42.2 Å². The fraction of sp³-hybridized carbons (Fsp3) is 0.172. The number of phenolic OH excluding ortho intramolecular Hbond substituents is 1. The molecule has 1 aliphatic rings. The van der Waals surface area contributed by atoms with Crippen LogP contribution in [0.15, 0.2) is 66.1 Å². The Bertz CT molecular complexity index is 1820. The van der Waals surface area contributed by atoms with Crippen LogP contribution in [0.2, 0.25) is 0 Å². The number of anilines is 1. The summed E-state index contributed by atoms with van der Waals surface area (Å²) in [6.07, 6.45) is 3.83. The van der Waals surface area contributed by atoms with Gasteiger partial charge in [-0.05, 0) is 54.8 Å². The summed E-state index contributed by atoms with van der Waals surface area (Å²) in [6, 6.07) is 19.0. The van der Waals surface area contributed by atoms with Crippen molar-refractivity contribution in [1.82, 2.24) is 24.5 Å². The predicted molar refractivity (Wildman–Crippen MR) is 149 cm³/mol. The molecule has 0 saturated heterocycles. The Balaban J connectivity index is 1.31. The van der Waals surface area contributed by atoms with E-state index in [9.17, 15) is 15.6 Å². The number of nitrogens with one attached hydrogen (secondary N) is 1. The second-order valence-corrected chi connectivity index (χ2v) is 10.3. The number of aromatic nitrogens is 5. The molecule has 2 aromatic carbocycles. The largest absolute Gasteiger partial charge is 0.507 e. The first kappa shape index (κ1) is 24.4. The molecule has 0 unspecified atom stereocenters. The van der Waals surface area contributed by atoms with E-state index in [1.807, 2.05) is 24.3 Å². The number of phenols is 1. The minimum absolute atomic E-state index is 0.163. The van der Waals surface area contributed by atoms with Crippen molar-refractivity contribution in [2.45, 2.75) is 24.5 Å². The van der Waals surface area contributed by atoms with Crippen molar-refractivity contribution < 1.29 is 5.11 Å². The zero-order valence-electron chi connectivity index (χ0n) is 21.0. The van der Waals surface area contributed by atoms with Crippen LogP contribution in [-0.4, -0.2) is 41.9 Å². The van der Waals surface area contributed by atoms with Crippen molar-refractivity contribution in [1.29, 1.82) is 10.5 Å². The monoisotopic (exact) mass is 530 g/mol. The Morgan fingerprint density at radius 3 is 2.72 bits per heavy atom. The maximum absolute atomic E-state index is 10.5. The smallest absolute Gasteiger partial charge is 0.170 e. The van der Waals surface area contributed by atoms with E-state index in [2.05, 4.69) is 33.9 Å². The Morgan fingerprint density at radius 2 is 1.87 bits per heavy atom. The van der Waals surface area contributed by atoms with Gasteiger partial charge in [-0.1, -0.05) is 30.0 Å². The van der Waals surface area contributed by atoms with Crippen molar-refractivity contribution in [2.24, 2.45) is 0 Å². The summed E-state index contributed by atoms with van der Waals surface area (Å²) in [5, 5.41) is 33.4. The second-order valence-electron chi connectivity index (χ2n) is 9.29. The second kappa shape index (κ2) is 10.1. The molecule has 3 aromatic heterocycles. The summed E-state index contributed by atoms with van der Waals surface area (Å²) in [7, 11) is 0. The number of hydrogen-bond donors (Lipinski definition) is 2. The van der Waals surface area contributed by atoms with Crippen LogP contribution < -0.4 is 5.32 Å². The normalized spacial score (nSPS) is 14.1. The van der Waals surface area contributed by atoms with Crippen LogP contribution in [0.1, 0.15) is 29.7 Å². The minimum Gasteiger partial charge on any atom is -0.507 e. The van der Waals surface area contributed by atoms with Gasteiger partial charge < -0.3 is 10.4 Å². The van der Waals surface area contributed by atoms with Crippen LogP contribution in [0, 0.1) is 22.7 Å². The zero-order valence-corrected chi connectivity index (χ0v) is 21.8. The van der Waals surface area contributed by atoms with Crippen LogP contribution in [-0.2, 0) is 6.42 Å². The van der Waals surface area contributed by atoms with Gasteiger partial charge in [0, 0.05) is 41.9 Å². The number of imidazole rings is 1. The molecular formula is C29H22N8OS. The molecule has 1 atom stereocenters. The molecule has 5 aromatic rings. The van der Waals surface area contributed by atoms with Crippen molar-refractivity contribution in [3.05, 3.63) is 77.6 Å². The molecule has 6 rings (SSSR count). The Kier molecular flexibility index (Phi) is 6.31. The summed E-state index contributed by atoms with van der Waals surface area (Å²) in [4.78, 5) is 18.6. The molecule has 0 bridgehead atoms. The fourth-order valence-corrected chi connectivity index (χ4v) is 5.75.